The van der Waals surface area contributed by atoms with Gasteiger partial charge in [-0.2, -0.15) is 0 Å². The number of carbonyl (C=O) groups excluding carboxylic acids is 2. The minimum atomic E-state index is -0.239. The van der Waals surface area contributed by atoms with Crippen molar-refractivity contribution in [2.45, 2.75) is 6.42 Å². The fourth-order valence-corrected chi connectivity index (χ4v) is 2.17. The molecule has 0 atom stereocenters. The molecule has 2 amide bonds. The van der Waals surface area contributed by atoms with Gasteiger partial charge in [0.15, 0.2) is 0 Å². The predicted octanol–water partition coefficient (Wildman–Crippen LogP) is 1.31. The van der Waals surface area contributed by atoms with Gasteiger partial charge in [0.1, 0.15) is 5.75 Å². The molecule has 0 bridgehead atoms. The highest BCUT2D eigenvalue weighted by atomic mass is 35.5. The first kappa shape index (κ1) is 13.7. The summed E-state index contributed by atoms with van der Waals surface area (Å²) < 4.78 is 5.16. The number of methoxy groups -OCH3 is 1. The van der Waals surface area contributed by atoms with Gasteiger partial charge < -0.3 is 15.0 Å². The molecule has 1 aliphatic heterocycles. The SMILES string of the molecule is COc1ccc(Cl)cc1C(=O)N1CCCNC(=O)C1. The fourth-order valence-electron chi connectivity index (χ4n) is 2.00. The van der Waals surface area contributed by atoms with Crippen molar-refractivity contribution in [3.8, 4) is 5.75 Å². The van der Waals surface area contributed by atoms with Crippen molar-refractivity contribution in [3.05, 3.63) is 28.8 Å². The summed E-state index contributed by atoms with van der Waals surface area (Å²) in [6, 6.07) is 4.87. The van der Waals surface area contributed by atoms with Crippen molar-refractivity contribution in [3.63, 3.8) is 0 Å². The maximum atomic E-state index is 12.4. The molecule has 1 saturated heterocycles. The first-order valence-electron chi connectivity index (χ1n) is 6.01. The second-order valence-corrected chi connectivity index (χ2v) is 4.71. The summed E-state index contributed by atoms with van der Waals surface area (Å²) in [6.45, 7) is 1.19. The monoisotopic (exact) mass is 282 g/mol. The number of carbonyl (C=O) groups is 2. The molecule has 1 aromatic rings. The van der Waals surface area contributed by atoms with E-state index in [0.29, 0.717) is 29.4 Å². The molecule has 2 rings (SSSR count). The Morgan fingerprint density at radius 1 is 1.47 bits per heavy atom. The van der Waals surface area contributed by atoms with Crippen LogP contribution >= 0.6 is 11.6 Å². The van der Waals surface area contributed by atoms with Crippen LogP contribution in [-0.4, -0.2) is 43.5 Å². The van der Waals surface area contributed by atoms with Crippen LogP contribution in [0.5, 0.6) is 5.75 Å². The van der Waals surface area contributed by atoms with Crippen molar-refractivity contribution in [2.75, 3.05) is 26.7 Å². The van der Waals surface area contributed by atoms with Gasteiger partial charge in [-0.05, 0) is 24.6 Å². The lowest BCUT2D eigenvalue weighted by Gasteiger charge is -2.20. The molecule has 1 aliphatic rings. The van der Waals surface area contributed by atoms with Crippen LogP contribution in [0.1, 0.15) is 16.8 Å². The van der Waals surface area contributed by atoms with Crippen LogP contribution in [0.4, 0.5) is 0 Å². The van der Waals surface area contributed by atoms with E-state index in [2.05, 4.69) is 5.32 Å². The average molecular weight is 283 g/mol. The van der Waals surface area contributed by atoms with E-state index < -0.39 is 0 Å². The standard InChI is InChI=1S/C13H15ClN2O3/c1-19-11-4-3-9(14)7-10(11)13(18)16-6-2-5-15-12(17)8-16/h3-4,7H,2,5-6,8H2,1H3,(H,15,17). The van der Waals surface area contributed by atoms with Gasteiger partial charge in [0.2, 0.25) is 5.91 Å². The quantitative estimate of drug-likeness (QED) is 0.890. The van der Waals surface area contributed by atoms with Gasteiger partial charge in [0.05, 0.1) is 19.2 Å². The zero-order chi connectivity index (χ0) is 13.8. The number of hydrogen-bond acceptors (Lipinski definition) is 3. The van der Waals surface area contributed by atoms with Crippen LogP contribution < -0.4 is 10.1 Å². The molecule has 1 fully saturated rings. The van der Waals surface area contributed by atoms with E-state index in [9.17, 15) is 9.59 Å². The lowest BCUT2D eigenvalue weighted by Crippen LogP contribution is -2.37. The number of hydrogen-bond donors (Lipinski definition) is 1. The Labute approximate surface area is 116 Å². The highest BCUT2D eigenvalue weighted by Crippen LogP contribution is 2.24. The topological polar surface area (TPSA) is 58.6 Å². The van der Waals surface area contributed by atoms with Crippen LogP contribution in [0.2, 0.25) is 5.02 Å². The third-order valence-electron chi connectivity index (χ3n) is 2.94. The number of ether oxygens (including phenoxy) is 1. The highest BCUT2D eigenvalue weighted by Gasteiger charge is 2.23. The molecule has 0 saturated carbocycles. The van der Waals surface area contributed by atoms with E-state index >= 15 is 0 Å². The Morgan fingerprint density at radius 2 is 2.26 bits per heavy atom. The average Bonchev–Trinajstić information content (AvgIpc) is 2.62. The van der Waals surface area contributed by atoms with Crippen LogP contribution in [0.15, 0.2) is 18.2 Å². The van der Waals surface area contributed by atoms with E-state index in [1.54, 1.807) is 18.2 Å². The number of nitrogens with one attached hydrogen (secondary N) is 1. The molecule has 0 aliphatic carbocycles. The fraction of sp³-hybridized carbons (Fsp3) is 0.385. The van der Waals surface area contributed by atoms with Gasteiger partial charge in [0.25, 0.3) is 5.91 Å². The minimum absolute atomic E-state index is 0.0640. The molecule has 19 heavy (non-hydrogen) atoms. The molecule has 1 N–H and O–H groups in total. The molecular weight excluding hydrogens is 268 g/mol. The van der Waals surface area contributed by atoms with Gasteiger partial charge in [0, 0.05) is 18.1 Å². The third kappa shape index (κ3) is 3.17. The Hall–Kier alpha value is -1.75. The van der Waals surface area contributed by atoms with E-state index in [4.69, 9.17) is 16.3 Å². The van der Waals surface area contributed by atoms with Crippen molar-refractivity contribution >= 4 is 23.4 Å². The van der Waals surface area contributed by atoms with Crippen molar-refractivity contribution < 1.29 is 14.3 Å². The number of benzene rings is 1. The molecule has 6 heteroatoms. The van der Waals surface area contributed by atoms with E-state index in [1.165, 1.54) is 12.0 Å². The summed E-state index contributed by atoms with van der Waals surface area (Å²) in [6.07, 6.45) is 0.736. The summed E-state index contributed by atoms with van der Waals surface area (Å²) in [5.74, 6) is 0.0716. The predicted molar refractivity (Wildman–Crippen MR) is 71.5 cm³/mol. The van der Waals surface area contributed by atoms with Crippen LogP contribution in [0.3, 0.4) is 0 Å². The normalized spacial score (nSPS) is 15.7. The Bertz CT molecular complexity index is 505. The molecular formula is C13H15ClN2O3. The lowest BCUT2D eigenvalue weighted by molar-refractivity contribution is -0.121. The third-order valence-corrected chi connectivity index (χ3v) is 3.18. The molecule has 0 aromatic heterocycles. The Morgan fingerprint density at radius 3 is 3.00 bits per heavy atom. The van der Waals surface area contributed by atoms with Gasteiger partial charge in [-0.15, -0.1) is 0 Å². The summed E-state index contributed by atoms with van der Waals surface area (Å²) in [7, 11) is 1.50. The molecule has 5 nitrogen and oxygen atoms in total. The molecule has 0 radical (unpaired) electrons. The first-order chi connectivity index (χ1) is 9.11. The Balaban J connectivity index is 2.27. The van der Waals surface area contributed by atoms with Crippen molar-refractivity contribution in [1.82, 2.24) is 10.2 Å². The Kier molecular flexibility index (Phi) is 4.27. The maximum absolute atomic E-state index is 12.4. The summed E-state index contributed by atoms with van der Waals surface area (Å²) in [5.41, 5.74) is 0.379. The number of amides is 2. The molecule has 102 valence electrons. The largest absolute Gasteiger partial charge is 0.496 e. The lowest BCUT2D eigenvalue weighted by atomic mass is 10.1. The summed E-state index contributed by atoms with van der Waals surface area (Å²) >= 11 is 5.91. The minimum Gasteiger partial charge on any atom is -0.496 e. The van der Waals surface area contributed by atoms with Gasteiger partial charge >= 0.3 is 0 Å². The van der Waals surface area contributed by atoms with Crippen molar-refractivity contribution in [2.24, 2.45) is 0 Å². The maximum Gasteiger partial charge on any atom is 0.258 e. The zero-order valence-corrected chi connectivity index (χ0v) is 11.4. The smallest absolute Gasteiger partial charge is 0.258 e. The second kappa shape index (κ2) is 5.93. The van der Waals surface area contributed by atoms with E-state index in [-0.39, 0.29) is 18.4 Å². The summed E-state index contributed by atoms with van der Waals surface area (Å²) in [5, 5.41) is 3.19. The van der Waals surface area contributed by atoms with Gasteiger partial charge in [-0.3, -0.25) is 9.59 Å². The second-order valence-electron chi connectivity index (χ2n) is 4.27. The number of rotatable bonds is 2. The van der Waals surface area contributed by atoms with Crippen molar-refractivity contribution in [1.29, 1.82) is 0 Å². The first-order valence-corrected chi connectivity index (χ1v) is 6.39. The van der Waals surface area contributed by atoms with Crippen LogP contribution in [0, 0.1) is 0 Å². The molecule has 0 unspecified atom stereocenters. The number of nitrogens with zero attached hydrogens (tertiary/aromatic N) is 1. The summed E-state index contributed by atoms with van der Waals surface area (Å²) in [4.78, 5) is 25.4. The highest BCUT2D eigenvalue weighted by molar-refractivity contribution is 6.31. The molecule has 1 heterocycles. The van der Waals surface area contributed by atoms with Crippen LogP contribution in [0.25, 0.3) is 0 Å². The molecule has 0 spiro atoms. The van der Waals surface area contributed by atoms with Gasteiger partial charge in [-0.1, -0.05) is 11.6 Å². The number of halogens is 1. The van der Waals surface area contributed by atoms with E-state index in [0.717, 1.165) is 6.42 Å². The van der Waals surface area contributed by atoms with E-state index in [1.807, 2.05) is 0 Å². The zero-order valence-electron chi connectivity index (χ0n) is 10.6. The molecule has 1 aromatic carbocycles. The van der Waals surface area contributed by atoms with Crippen LogP contribution in [-0.2, 0) is 4.79 Å². The van der Waals surface area contributed by atoms with Gasteiger partial charge in [-0.25, -0.2) is 0 Å².